The van der Waals surface area contributed by atoms with E-state index in [9.17, 15) is 24.0 Å². The van der Waals surface area contributed by atoms with Crippen LogP contribution in [0.3, 0.4) is 0 Å². The molecular weight excluding hydrogens is 521 g/mol. The van der Waals surface area contributed by atoms with Gasteiger partial charge in [-0.3, -0.25) is 19.6 Å². The lowest BCUT2D eigenvalue weighted by molar-refractivity contribution is -0.143. The molecule has 1 saturated heterocycles. The van der Waals surface area contributed by atoms with Gasteiger partial charge in [-0.25, -0.2) is 9.87 Å². The monoisotopic (exact) mass is 559 g/mol. The molecule has 3 rings (SSSR count). The molecule has 212 valence electrons. The molecule has 1 fully saturated rings. The summed E-state index contributed by atoms with van der Waals surface area (Å²) in [6.07, 6.45) is 3.72. The van der Waals surface area contributed by atoms with Crippen molar-refractivity contribution in [3.8, 4) is 11.1 Å². The molecule has 39 heavy (non-hydrogen) atoms. The van der Waals surface area contributed by atoms with Gasteiger partial charge in [0.05, 0.1) is 10.9 Å². The second kappa shape index (κ2) is 14.4. The smallest absolute Gasteiger partial charge is 0.247 e. The summed E-state index contributed by atoms with van der Waals surface area (Å²) in [7, 11) is 0. The minimum absolute atomic E-state index is 0.0487. The van der Waals surface area contributed by atoms with E-state index in [2.05, 4.69) is 5.32 Å². The van der Waals surface area contributed by atoms with Crippen LogP contribution in [-0.2, 0) is 20.9 Å². The fourth-order valence-corrected chi connectivity index (χ4v) is 5.47. The third-order valence-corrected chi connectivity index (χ3v) is 7.53. The molecule has 1 aliphatic heterocycles. The van der Waals surface area contributed by atoms with Crippen molar-refractivity contribution in [3.63, 3.8) is 0 Å². The highest BCUT2D eigenvalue weighted by Crippen LogP contribution is 2.28. The quantitative estimate of drug-likeness (QED) is 0.242. The van der Waals surface area contributed by atoms with Gasteiger partial charge in [-0.05, 0) is 72.9 Å². The molecule has 1 aliphatic rings. The van der Waals surface area contributed by atoms with E-state index in [0.717, 1.165) is 29.5 Å². The predicted molar refractivity (Wildman–Crippen MR) is 149 cm³/mol. The van der Waals surface area contributed by atoms with Crippen LogP contribution in [0, 0.1) is 23.6 Å². The number of amides is 3. The van der Waals surface area contributed by atoms with Gasteiger partial charge in [0.25, 0.3) is 0 Å². The Morgan fingerprint density at radius 2 is 1.85 bits per heavy atom. The highest BCUT2D eigenvalue weighted by molar-refractivity contribution is 6.31. The summed E-state index contributed by atoms with van der Waals surface area (Å²) in [6.45, 7) is 6.82. The van der Waals surface area contributed by atoms with Gasteiger partial charge in [0.1, 0.15) is 11.9 Å². The van der Waals surface area contributed by atoms with Crippen LogP contribution in [0.25, 0.3) is 11.1 Å². The standard InChI is InChI=1S/C30H39ClFN3O4/c1-4-8-23(29(37)34-39)24(15-19(2)3)28(36)33-27-11-5-6-14-35(30(27)38)18-20-9-7-10-21(16-20)22-12-13-26(32)25(31)17-22/h7,9-10,12-13,16-17,19,23-24,27,39H,4-6,8,11,14-15,18H2,1-3H3,(H,33,36)(H,34,37)/t23-,24?,27-/m0/s1. The molecule has 0 aliphatic carbocycles. The van der Waals surface area contributed by atoms with Crippen LogP contribution in [0.1, 0.15) is 64.9 Å². The minimum Gasteiger partial charge on any atom is -0.344 e. The maximum Gasteiger partial charge on any atom is 0.247 e. The summed E-state index contributed by atoms with van der Waals surface area (Å²) in [4.78, 5) is 41.2. The van der Waals surface area contributed by atoms with Gasteiger partial charge in [-0.2, -0.15) is 0 Å². The molecule has 9 heteroatoms. The number of likely N-dealkylation sites (tertiary alicyclic amines) is 1. The van der Waals surface area contributed by atoms with Gasteiger partial charge in [0.15, 0.2) is 0 Å². The average molecular weight is 560 g/mol. The van der Waals surface area contributed by atoms with E-state index in [4.69, 9.17) is 11.6 Å². The van der Waals surface area contributed by atoms with E-state index >= 15 is 0 Å². The Hall–Kier alpha value is -2.97. The first-order valence-electron chi connectivity index (χ1n) is 13.7. The number of hydrogen-bond donors (Lipinski definition) is 3. The molecule has 2 aromatic carbocycles. The van der Waals surface area contributed by atoms with Crippen LogP contribution in [0.2, 0.25) is 5.02 Å². The summed E-state index contributed by atoms with van der Waals surface area (Å²) in [5, 5.41) is 12.3. The number of hydrogen-bond acceptors (Lipinski definition) is 4. The topological polar surface area (TPSA) is 98.7 Å². The lowest BCUT2D eigenvalue weighted by Crippen LogP contribution is -2.51. The first-order valence-corrected chi connectivity index (χ1v) is 14.1. The van der Waals surface area contributed by atoms with Crippen molar-refractivity contribution in [3.05, 3.63) is 58.9 Å². The Morgan fingerprint density at radius 1 is 1.10 bits per heavy atom. The second-order valence-electron chi connectivity index (χ2n) is 10.8. The van der Waals surface area contributed by atoms with E-state index in [1.165, 1.54) is 6.07 Å². The Labute approximate surface area is 235 Å². The largest absolute Gasteiger partial charge is 0.344 e. The summed E-state index contributed by atoms with van der Waals surface area (Å²) >= 11 is 5.97. The fourth-order valence-electron chi connectivity index (χ4n) is 5.29. The van der Waals surface area contributed by atoms with Gasteiger partial charge in [0, 0.05) is 19.0 Å². The third-order valence-electron chi connectivity index (χ3n) is 7.24. The number of halogens is 2. The zero-order valence-electron chi connectivity index (χ0n) is 22.9. The summed E-state index contributed by atoms with van der Waals surface area (Å²) in [5.74, 6) is -2.72. The van der Waals surface area contributed by atoms with Crippen molar-refractivity contribution in [2.75, 3.05) is 6.54 Å². The number of carbonyl (C=O) groups is 3. The van der Waals surface area contributed by atoms with E-state index in [-0.39, 0.29) is 22.8 Å². The Balaban J connectivity index is 1.77. The van der Waals surface area contributed by atoms with E-state index in [0.29, 0.717) is 38.8 Å². The molecule has 2 aromatic rings. The van der Waals surface area contributed by atoms with Crippen LogP contribution in [-0.4, -0.2) is 40.4 Å². The van der Waals surface area contributed by atoms with Gasteiger partial charge in [0.2, 0.25) is 17.7 Å². The molecule has 3 amide bonds. The Bertz CT molecular complexity index is 1160. The number of nitrogens with zero attached hydrogens (tertiary/aromatic N) is 1. The van der Waals surface area contributed by atoms with Gasteiger partial charge in [-0.15, -0.1) is 0 Å². The van der Waals surface area contributed by atoms with Crippen molar-refractivity contribution in [2.45, 2.75) is 71.9 Å². The predicted octanol–water partition coefficient (Wildman–Crippen LogP) is 5.73. The summed E-state index contributed by atoms with van der Waals surface area (Å²) in [5.41, 5.74) is 4.27. The van der Waals surface area contributed by atoms with E-state index in [1.54, 1.807) is 22.5 Å². The number of hydroxylamine groups is 1. The van der Waals surface area contributed by atoms with E-state index in [1.807, 2.05) is 45.0 Å². The fraction of sp³-hybridized carbons (Fsp3) is 0.500. The number of benzene rings is 2. The van der Waals surface area contributed by atoms with Crippen molar-refractivity contribution in [1.82, 2.24) is 15.7 Å². The van der Waals surface area contributed by atoms with Crippen LogP contribution in [0.4, 0.5) is 4.39 Å². The molecular formula is C30H39ClFN3O4. The van der Waals surface area contributed by atoms with Crippen molar-refractivity contribution >= 4 is 29.3 Å². The van der Waals surface area contributed by atoms with Gasteiger partial charge in [-0.1, -0.05) is 63.1 Å². The minimum atomic E-state index is -0.687. The summed E-state index contributed by atoms with van der Waals surface area (Å²) < 4.78 is 13.6. The van der Waals surface area contributed by atoms with Gasteiger partial charge < -0.3 is 10.2 Å². The lowest BCUT2D eigenvalue weighted by atomic mass is 9.81. The molecule has 0 spiro atoms. The maximum atomic E-state index is 13.6. The normalized spacial score (nSPS) is 17.5. The Morgan fingerprint density at radius 3 is 2.51 bits per heavy atom. The zero-order chi connectivity index (χ0) is 28.5. The Kier molecular flexibility index (Phi) is 11.3. The maximum absolute atomic E-state index is 13.6. The first-order chi connectivity index (χ1) is 18.6. The highest BCUT2D eigenvalue weighted by atomic mass is 35.5. The number of carbonyl (C=O) groups excluding carboxylic acids is 3. The van der Waals surface area contributed by atoms with Crippen molar-refractivity contribution < 1.29 is 24.0 Å². The third kappa shape index (κ3) is 8.26. The molecule has 1 unspecified atom stereocenters. The average Bonchev–Trinajstić information content (AvgIpc) is 3.08. The number of nitrogens with one attached hydrogen (secondary N) is 2. The molecule has 7 nitrogen and oxygen atoms in total. The van der Waals surface area contributed by atoms with Crippen molar-refractivity contribution in [2.24, 2.45) is 17.8 Å². The highest BCUT2D eigenvalue weighted by Gasteiger charge is 2.36. The molecule has 0 aromatic heterocycles. The molecule has 0 bridgehead atoms. The zero-order valence-corrected chi connectivity index (χ0v) is 23.6. The number of rotatable bonds is 11. The van der Waals surface area contributed by atoms with Crippen molar-refractivity contribution in [1.29, 1.82) is 0 Å². The lowest BCUT2D eigenvalue weighted by Gasteiger charge is -2.29. The summed E-state index contributed by atoms with van der Waals surface area (Å²) in [6, 6.07) is 11.6. The van der Waals surface area contributed by atoms with Crippen LogP contribution < -0.4 is 10.8 Å². The first kappa shape index (κ1) is 30.6. The molecule has 3 atom stereocenters. The van der Waals surface area contributed by atoms with Crippen LogP contribution >= 0.6 is 11.6 Å². The SMILES string of the molecule is CCC[C@H](C(=O)NO)C(CC(C)C)C(=O)N[C@H]1CCCCN(Cc2cccc(-c3ccc(F)c(Cl)c3)c2)C1=O. The van der Waals surface area contributed by atoms with E-state index < -0.39 is 29.6 Å². The molecule has 0 radical (unpaired) electrons. The molecule has 3 N–H and O–H groups in total. The van der Waals surface area contributed by atoms with Crippen LogP contribution in [0.15, 0.2) is 42.5 Å². The molecule has 0 saturated carbocycles. The molecule has 1 heterocycles. The van der Waals surface area contributed by atoms with Crippen LogP contribution in [0.5, 0.6) is 0 Å². The second-order valence-corrected chi connectivity index (χ2v) is 11.2. The van der Waals surface area contributed by atoms with Gasteiger partial charge >= 0.3 is 0 Å².